The molecule has 2 aromatic rings. The second-order valence-electron chi connectivity index (χ2n) is 8.53. The number of guanidine groups is 1. The van der Waals surface area contributed by atoms with E-state index in [0.29, 0.717) is 27.9 Å². The summed E-state index contributed by atoms with van der Waals surface area (Å²) < 4.78 is 29.8. The Labute approximate surface area is 228 Å². The smallest absolute Gasteiger partial charge is 0.387 e. The third-order valence-corrected chi connectivity index (χ3v) is 6.89. The Balaban J connectivity index is 1.72. The average molecular weight is 564 g/mol. The van der Waals surface area contributed by atoms with Crippen molar-refractivity contribution >= 4 is 46.5 Å². The summed E-state index contributed by atoms with van der Waals surface area (Å²) in [5.74, 6) is -0.0823. The van der Waals surface area contributed by atoms with Gasteiger partial charge >= 0.3 is 6.61 Å². The molecular weight excluding hydrogens is 539 g/mol. The van der Waals surface area contributed by atoms with Crippen LogP contribution in [0.1, 0.15) is 25.3 Å². The van der Waals surface area contributed by atoms with Crippen LogP contribution in [0.3, 0.4) is 0 Å². The SMILES string of the molecule is CCN(C(=O)[C@H]1CCCN1)[C@@H]1CN(C(=Nc2cccc(OC(F)F)c2)NC#N)N=C1c1ccc(Cl)c(Cl)c1. The number of nitrogens with one attached hydrogen (secondary N) is 2. The molecule has 2 aliphatic heterocycles. The van der Waals surface area contributed by atoms with Crippen LogP contribution < -0.4 is 15.4 Å². The molecule has 0 spiro atoms. The quantitative estimate of drug-likeness (QED) is 0.225. The first kappa shape index (κ1) is 27.6. The third kappa shape index (κ3) is 6.32. The highest BCUT2D eigenvalue weighted by Crippen LogP contribution is 2.28. The molecule has 9 nitrogen and oxygen atoms in total. The Kier molecular flexibility index (Phi) is 8.99. The van der Waals surface area contributed by atoms with E-state index in [9.17, 15) is 18.8 Å². The number of carbonyl (C=O) groups excluding carboxylic acids is 1. The molecule has 200 valence electrons. The number of alkyl halides is 2. The van der Waals surface area contributed by atoms with E-state index >= 15 is 0 Å². The van der Waals surface area contributed by atoms with Gasteiger partial charge in [0.05, 0.1) is 40.1 Å². The number of hydrogen-bond donors (Lipinski definition) is 2. The summed E-state index contributed by atoms with van der Waals surface area (Å²) in [6, 6.07) is 10.1. The Bertz CT molecular complexity index is 1280. The number of carbonyl (C=O) groups is 1. The molecule has 2 heterocycles. The lowest BCUT2D eigenvalue weighted by Crippen LogP contribution is -2.53. The number of benzene rings is 2. The second kappa shape index (κ2) is 12.4. The molecule has 0 aliphatic carbocycles. The van der Waals surface area contributed by atoms with Crippen LogP contribution in [-0.4, -0.2) is 65.8 Å². The van der Waals surface area contributed by atoms with Crippen molar-refractivity contribution in [2.75, 3.05) is 19.6 Å². The number of aliphatic imine (C=N–C) groups is 1. The fourth-order valence-electron chi connectivity index (χ4n) is 4.45. The van der Waals surface area contributed by atoms with Crippen LogP contribution in [0.4, 0.5) is 14.5 Å². The van der Waals surface area contributed by atoms with Crippen LogP contribution in [0, 0.1) is 11.5 Å². The molecule has 0 bridgehead atoms. The number of hydrazone groups is 1. The van der Waals surface area contributed by atoms with Crippen LogP contribution >= 0.6 is 23.2 Å². The van der Waals surface area contributed by atoms with Crippen molar-refractivity contribution in [3.63, 3.8) is 0 Å². The molecule has 0 aromatic heterocycles. The summed E-state index contributed by atoms with van der Waals surface area (Å²) in [4.78, 5) is 19.6. The fraction of sp³-hybridized carbons (Fsp3) is 0.360. The summed E-state index contributed by atoms with van der Waals surface area (Å²) in [6.07, 6.45) is 3.49. The monoisotopic (exact) mass is 563 g/mol. The Morgan fingerprint density at radius 1 is 1.34 bits per heavy atom. The topological polar surface area (TPSA) is 105 Å². The average Bonchev–Trinajstić information content (AvgIpc) is 3.57. The largest absolute Gasteiger partial charge is 0.435 e. The number of nitrogens with zero attached hydrogens (tertiary/aromatic N) is 5. The zero-order valence-electron chi connectivity index (χ0n) is 20.4. The lowest BCUT2D eigenvalue weighted by atomic mass is 10.0. The molecule has 1 saturated heterocycles. The first-order valence-electron chi connectivity index (χ1n) is 11.9. The fourth-order valence-corrected chi connectivity index (χ4v) is 4.75. The highest BCUT2D eigenvalue weighted by molar-refractivity contribution is 6.42. The standard InChI is InChI=1S/C25H25Cl2F2N7O2/c1-2-35(23(37)20-7-4-10-31-20)21-13-36(34-22(21)15-8-9-18(26)19(27)11-15)25(32-14-30)33-16-5-3-6-17(12-16)38-24(28)29/h3,5-6,8-9,11-12,20-21,24,31H,2,4,7,10,13H2,1H3,(H,32,33)/t20-,21-/m1/s1. The van der Waals surface area contributed by atoms with Crippen LogP contribution in [0.5, 0.6) is 5.75 Å². The number of likely N-dealkylation sites (N-methyl/N-ethyl adjacent to an activating group) is 1. The number of halogens is 4. The molecule has 1 amide bonds. The zero-order chi connectivity index (χ0) is 27.2. The van der Waals surface area contributed by atoms with E-state index in [1.807, 2.05) is 13.1 Å². The van der Waals surface area contributed by atoms with Crippen LogP contribution in [0.2, 0.25) is 10.0 Å². The van der Waals surface area contributed by atoms with E-state index in [0.717, 1.165) is 19.4 Å². The van der Waals surface area contributed by atoms with E-state index in [1.54, 1.807) is 29.2 Å². The summed E-state index contributed by atoms with van der Waals surface area (Å²) in [7, 11) is 0. The van der Waals surface area contributed by atoms with Crippen molar-refractivity contribution in [3.8, 4) is 11.9 Å². The molecule has 4 rings (SSSR count). The maximum Gasteiger partial charge on any atom is 0.387 e. The van der Waals surface area contributed by atoms with Crippen molar-refractivity contribution in [1.82, 2.24) is 20.5 Å². The first-order valence-corrected chi connectivity index (χ1v) is 12.7. The van der Waals surface area contributed by atoms with Crippen molar-refractivity contribution in [1.29, 1.82) is 5.26 Å². The van der Waals surface area contributed by atoms with Crippen LogP contribution in [0.15, 0.2) is 52.6 Å². The maximum absolute atomic E-state index is 13.4. The van der Waals surface area contributed by atoms with Gasteiger partial charge < -0.3 is 15.0 Å². The molecule has 0 unspecified atom stereocenters. The first-order chi connectivity index (χ1) is 18.3. The summed E-state index contributed by atoms with van der Waals surface area (Å²) >= 11 is 12.4. The van der Waals surface area contributed by atoms with Gasteiger partial charge in [-0.3, -0.25) is 10.1 Å². The van der Waals surface area contributed by atoms with Gasteiger partial charge in [0.15, 0.2) is 6.19 Å². The van der Waals surface area contributed by atoms with E-state index in [1.165, 1.54) is 23.2 Å². The Morgan fingerprint density at radius 2 is 2.16 bits per heavy atom. The zero-order valence-corrected chi connectivity index (χ0v) is 21.9. The number of amides is 1. The number of hydrogen-bond acceptors (Lipinski definition) is 6. The highest BCUT2D eigenvalue weighted by Gasteiger charge is 2.39. The van der Waals surface area contributed by atoms with Gasteiger partial charge in [-0.2, -0.15) is 19.1 Å². The predicted molar refractivity (Wildman–Crippen MR) is 141 cm³/mol. The summed E-state index contributed by atoms with van der Waals surface area (Å²) in [5.41, 5.74) is 1.45. The molecule has 1 fully saturated rings. The van der Waals surface area contributed by atoms with Crippen molar-refractivity contribution < 1.29 is 18.3 Å². The second-order valence-corrected chi connectivity index (χ2v) is 9.35. The lowest BCUT2D eigenvalue weighted by molar-refractivity contribution is -0.133. The number of ether oxygens (including phenoxy) is 1. The molecule has 2 aliphatic rings. The van der Waals surface area contributed by atoms with Gasteiger partial charge in [-0.25, -0.2) is 10.0 Å². The van der Waals surface area contributed by atoms with Gasteiger partial charge in [-0.1, -0.05) is 35.3 Å². The van der Waals surface area contributed by atoms with Gasteiger partial charge in [0, 0.05) is 18.2 Å². The van der Waals surface area contributed by atoms with Crippen molar-refractivity contribution in [2.45, 2.75) is 38.5 Å². The predicted octanol–water partition coefficient (Wildman–Crippen LogP) is 4.34. The Morgan fingerprint density at radius 3 is 2.82 bits per heavy atom. The number of rotatable bonds is 7. The molecular formula is C25H25Cl2F2N7O2. The van der Waals surface area contributed by atoms with Crippen molar-refractivity contribution in [3.05, 3.63) is 58.1 Å². The molecule has 13 heteroatoms. The highest BCUT2D eigenvalue weighted by atomic mass is 35.5. The lowest BCUT2D eigenvalue weighted by Gasteiger charge is -2.31. The van der Waals surface area contributed by atoms with E-state index in [2.05, 4.69) is 20.4 Å². The van der Waals surface area contributed by atoms with Gasteiger partial charge in [0.1, 0.15) is 5.75 Å². The van der Waals surface area contributed by atoms with E-state index in [4.69, 9.17) is 28.3 Å². The minimum atomic E-state index is -2.99. The van der Waals surface area contributed by atoms with E-state index < -0.39 is 12.7 Å². The van der Waals surface area contributed by atoms with E-state index in [-0.39, 0.29) is 35.9 Å². The molecule has 0 radical (unpaired) electrons. The molecule has 2 aromatic carbocycles. The minimum Gasteiger partial charge on any atom is -0.435 e. The molecule has 38 heavy (non-hydrogen) atoms. The third-order valence-electron chi connectivity index (χ3n) is 6.15. The normalized spacial score (nSPS) is 19.3. The maximum atomic E-state index is 13.4. The summed E-state index contributed by atoms with van der Waals surface area (Å²) in [5, 5.41) is 22.0. The van der Waals surface area contributed by atoms with Crippen LogP contribution in [-0.2, 0) is 4.79 Å². The molecule has 0 saturated carbocycles. The minimum absolute atomic E-state index is 0.0456. The summed E-state index contributed by atoms with van der Waals surface area (Å²) in [6.45, 7) is 0.272. The molecule has 2 atom stereocenters. The van der Waals surface area contributed by atoms with Gasteiger partial charge in [0.25, 0.3) is 0 Å². The van der Waals surface area contributed by atoms with Gasteiger partial charge in [-0.05, 0) is 50.6 Å². The van der Waals surface area contributed by atoms with Gasteiger partial charge in [0.2, 0.25) is 11.9 Å². The van der Waals surface area contributed by atoms with Crippen LogP contribution in [0.25, 0.3) is 0 Å². The van der Waals surface area contributed by atoms with Gasteiger partial charge in [-0.15, -0.1) is 0 Å². The Hall–Kier alpha value is -3.46. The number of nitriles is 1. The van der Waals surface area contributed by atoms with Crippen molar-refractivity contribution in [2.24, 2.45) is 10.1 Å². The molecule has 2 N–H and O–H groups in total.